The summed E-state index contributed by atoms with van der Waals surface area (Å²) in [7, 11) is 1.81. The van der Waals surface area contributed by atoms with Crippen molar-refractivity contribution in [2.45, 2.75) is 25.8 Å². The van der Waals surface area contributed by atoms with E-state index in [4.69, 9.17) is 5.11 Å². The number of hydrogen-bond acceptors (Lipinski definition) is 4. The number of carboxylic acids is 1. The summed E-state index contributed by atoms with van der Waals surface area (Å²) in [5.74, 6) is -1.19. The fourth-order valence-corrected chi connectivity index (χ4v) is 2.64. The maximum absolute atomic E-state index is 12.4. The zero-order chi connectivity index (χ0) is 15.4. The van der Waals surface area contributed by atoms with Gasteiger partial charge in [-0.05, 0) is 31.5 Å². The van der Waals surface area contributed by atoms with Gasteiger partial charge in [0.05, 0.1) is 5.56 Å². The van der Waals surface area contributed by atoms with Crippen LogP contribution in [0.1, 0.15) is 40.6 Å². The number of aromatic nitrogens is 1. The molecule has 0 saturated carbocycles. The number of carbonyl (C=O) groups excluding carboxylic acids is 1. The molecule has 2 heterocycles. The number of carbonyl (C=O) groups is 2. The first-order chi connectivity index (χ1) is 10.0. The van der Waals surface area contributed by atoms with Gasteiger partial charge >= 0.3 is 5.97 Å². The summed E-state index contributed by atoms with van der Waals surface area (Å²) in [6, 6.07) is 3.12. The first-order valence-electron chi connectivity index (χ1n) is 7.21. The van der Waals surface area contributed by atoms with E-state index in [1.807, 2.05) is 0 Å². The van der Waals surface area contributed by atoms with Crippen LogP contribution in [0.15, 0.2) is 18.3 Å². The molecule has 0 spiro atoms. The molecule has 1 aromatic rings. The summed E-state index contributed by atoms with van der Waals surface area (Å²) in [6.45, 7) is 5.21. The molecule has 1 amide bonds. The standard InChI is InChI=1S/C15H21N3O3/c1-3-18-8-6-12(7-9-18)17(2)14(19)11-4-5-13(15(20)21)16-10-11/h4-5,10,12H,3,6-9H2,1-2H3,(H,20,21). The lowest BCUT2D eigenvalue weighted by molar-refractivity contribution is 0.0642. The molecule has 21 heavy (non-hydrogen) atoms. The van der Waals surface area contributed by atoms with Crippen molar-refractivity contribution in [2.75, 3.05) is 26.7 Å². The first-order valence-corrected chi connectivity index (χ1v) is 7.21. The molecule has 114 valence electrons. The van der Waals surface area contributed by atoms with Crippen molar-refractivity contribution < 1.29 is 14.7 Å². The van der Waals surface area contributed by atoms with E-state index in [0.29, 0.717) is 5.56 Å². The molecule has 6 heteroatoms. The Labute approximate surface area is 124 Å². The minimum Gasteiger partial charge on any atom is -0.477 e. The van der Waals surface area contributed by atoms with Crippen LogP contribution in [0, 0.1) is 0 Å². The minimum absolute atomic E-state index is 0.0505. The Bertz CT molecular complexity index is 507. The van der Waals surface area contributed by atoms with E-state index in [9.17, 15) is 9.59 Å². The summed E-state index contributed by atoms with van der Waals surface area (Å²) in [5.41, 5.74) is 0.380. The van der Waals surface area contributed by atoms with Crippen molar-refractivity contribution in [1.82, 2.24) is 14.8 Å². The average molecular weight is 291 g/mol. The highest BCUT2D eigenvalue weighted by molar-refractivity contribution is 5.94. The number of pyridine rings is 1. The molecule has 0 bridgehead atoms. The van der Waals surface area contributed by atoms with Crippen molar-refractivity contribution in [2.24, 2.45) is 0 Å². The van der Waals surface area contributed by atoms with E-state index in [1.165, 1.54) is 18.3 Å². The van der Waals surface area contributed by atoms with Crippen LogP contribution in [0.25, 0.3) is 0 Å². The molecule has 6 nitrogen and oxygen atoms in total. The van der Waals surface area contributed by atoms with Crippen LogP contribution >= 0.6 is 0 Å². The third kappa shape index (κ3) is 3.58. The van der Waals surface area contributed by atoms with Gasteiger partial charge in [0.25, 0.3) is 5.91 Å². The third-order valence-corrected chi connectivity index (χ3v) is 4.10. The Kier molecular flexibility index (Phi) is 4.90. The minimum atomic E-state index is -1.09. The second kappa shape index (κ2) is 6.67. The third-order valence-electron chi connectivity index (χ3n) is 4.10. The number of hydrogen-bond donors (Lipinski definition) is 1. The molecular formula is C15H21N3O3. The van der Waals surface area contributed by atoms with Crippen LogP contribution in [0.5, 0.6) is 0 Å². The Morgan fingerprint density at radius 2 is 2.05 bits per heavy atom. The lowest BCUT2D eigenvalue weighted by Crippen LogP contribution is -2.45. The van der Waals surface area contributed by atoms with Gasteiger partial charge in [0.1, 0.15) is 5.69 Å². The summed E-state index contributed by atoms with van der Waals surface area (Å²) < 4.78 is 0. The van der Waals surface area contributed by atoms with E-state index in [2.05, 4.69) is 16.8 Å². The first kappa shape index (κ1) is 15.4. The lowest BCUT2D eigenvalue weighted by atomic mass is 10.0. The van der Waals surface area contributed by atoms with Crippen LogP contribution in [-0.2, 0) is 0 Å². The zero-order valence-corrected chi connectivity index (χ0v) is 12.5. The summed E-state index contributed by atoms with van der Waals surface area (Å²) >= 11 is 0. The molecule has 0 aliphatic carbocycles. The summed E-state index contributed by atoms with van der Waals surface area (Å²) in [5, 5.41) is 8.81. The molecule has 1 aliphatic rings. The highest BCUT2D eigenvalue weighted by Crippen LogP contribution is 2.17. The SMILES string of the molecule is CCN1CCC(N(C)C(=O)c2ccc(C(=O)O)nc2)CC1. The van der Waals surface area contributed by atoms with Gasteiger partial charge in [-0.15, -0.1) is 0 Å². The Hall–Kier alpha value is -1.95. The smallest absolute Gasteiger partial charge is 0.354 e. The molecule has 0 atom stereocenters. The Morgan fingerprint density at radius 3 is 2.52 bits per heavy atom. The van der Waals surface area contributed by atoms with Gasteiger partial charge in [0.15, 0.2) is 0 Å². The van der Waals surface area contributed by atoms with E-state index in [-0.39, 0.29) is 17.6 Å². The number of amides is 1. The van der Waals surface area contributed by atoms with Crippen LogP contribution in [0.3, 0.4) is 0 Å². The van der Waals surface area contributed by atoms with Gasteiger partial charge in [-0.1, -0.05) is 6.92 Å². The fourth-order valence-electron chi connectivity index (χ4n) is 2.64. The van der Waals surface area contributed by atoms with Crippen LogP contribution in [-0.4, -0.2) is 64.5 Å². The predicted octanol–water partition coefficient (Wildman–Crippen LogP) is 1.34. The van der Waals surface area contributed by atoms with Gasteiger partial charge in [0, 0.05) is 32.4 Å². The highest BCUT2D eigenvalue weighted by atomic mass is 16.4. The number of carboxylic acid groups (broad SMARTS) is 1. The van der Waals surface area contributed by atoms with Gasteiger partial charge in [0.2, 0.25) is 0 Å². The Balaban J connectivity index is 2.00. The van der Waals surface area contributed by atoms with Crippen molar-refractivity contribution in [3.05, 3.63) is 29.6 Å². The van der Waals surface area contributed by atoms with Crippen LogP contribution < -0.4 is 0 Å². The topological polar surface area (TPSA) is 73.7 Å². The highest BCUT2D eigenvalue weighted by Gasteiger charge is 2.25. The van der Waals surface area contributed by atoms with Gasteiger partial charge in [-0.3, -0.25) is 4.79 Å². The number of piperidine rings is 1. The van der Waals surface area contributed by atoms with Gasteiger partial charge < -0.3 is 14.9 Å². The average Bonchev–Trinajstić information content (AvgIpc) is 2.53. The fraction of sp³-hybridized carbons (Fsp3) is 0.533. The molecule has 0 radical (unpaired) electrons. The maximum atomic E-state index is 12.4. The van der Waals surface area contributed by atoms with E-state index >= 15 is 0 Å². The molecule has 1 N–H and O–H groups in total. The number of nitrogens with zero attached hydrogens (tertiary/aromatic N) is 3. The molecule has 0 unspecified atom stereocenters. The van der Waals surface area contributed by atoms with E-state index in [1.54, 1.807) is 11.9 Å². The Morgan fingerprint density at radius 1 is 1.38 bits per heavy atom. The molecule has 1 aromatic heterocycles. The second-order valence-corrected chi connectivity index (χ2v) is 5.32. The molecule has 0 aromatic carbocycles. The molecule has 1 aliphatic heterocycles. The van der Waals surface area contributed by atoms with Crippen molar-refractivity contribution in [3.8, 4) is 0 Å². The normalized spacial score (nSPS) is 16.7. The quantitative estimate of drug-likeness (QED) is 0.906. The number of aromatic carboxylic acids is 1. The molecule has 1 saturated heterocycles. The monoisotopic (exact) mass is 291 g/mol. The van der Waals surface area contributed by atoms with Crippen LogP contribution in [0.4, 0.5) is 0 Å². The number of rotatable bonds is 4. The van der Waals surface area contributed by atoms with Crippen molar-refractivity contribution >= 4 is 11.9 Å². The van der Waals surface area contributed by atoms with Crippen LogP contribution in [0.2, 0.25) is 0 Å². The number of likely N-dealkylation sites (tertiary alicyclic amines) is 1. The molecule has 1 fully saturated rings. The zero-order valence-electron chi connectivity index (χ0n) is 12.5. The van der Waals surface area contributed by atoms with Gasteiger partial charge in [-0.2, -0.15) is 0 Å². The van der Waals surface area contributed by atoms with E-state index in [0.717, 1.165) is 32.5 Å². The van der Waals surface area contributed by atoms with Crippen molar-refractivity contribution in [1.29, 1.82) is 0 Å². The van der Waals surface area contributed by atoms with Crippen molar-refractivity contribution in [3.63, 3.8) is 0 Å². The largest absolute Gasteiger partial charge is 0.477 e. The van der Waals surface area contributed by atoms with E-state index < -0.39 is 5.97 Å². The summed E-state index contributed by atoms with van der Waals surface area (Å²) in [6.07, 6.45) is 3.27. The predicted molar refractivity (Wildman–Crippen MR) is 78.4 cm³/mol. The molecular weight excluding hydrogens is 270 g/mol. The summed E-state index contributed by atoms with van der Waals surface area (Å²) in [4.78, 5) is 31.1. The maximum Gasteiger partial charge on any atom is 0.354 e. The second-order valence-electron chi connectivity index (χ2n) is 5.32. The van der Waals surface area contributed by atoms with Gasteiger partial charge in [-0.25, -0.2) is 9.78 Å². The lowest BCUT2D eigenvalue weighted by Gasteiger charge is -2.36. The molecule has 2 rings (SSSR count).